The third-order valence-electron chi connectivity index (χ3n) is 2.01. The number of hydrogen-bond donors (Lipinski definition) is 0. The van der Waals surface area contributed by atoms with E-state index in [0.29, 0.717) is 0 Å². The van der Waals surface area contributed by atoms with Crippen LogP contribution in [0.5, 0.6) is 0 Å². The number of nitrogens with zero attached hydrogens (tertiary/aromatic N) is 1. The van der Waals surface area contributed by atoms with Crippen molar-refractivity contribution in [3.8, 4) is 0 Å². The SMILES string of the molecule is [CH2]CN(C)CCc1ccccc1. The van der Waals surface area contributed by atoms with Gasteiger partial charge in [-0.1, -0.05) is 30.3 Å². The lowest BCUT2D eigenvalue weighted by Crippen LogP contribution is -2.20. The quantitative estimate of drug-likeness (QED) is 0.654. The molecule has 0 spiro atoms. The highest BCUT2D eigenvalue weighted by Gasteiger charge is 1.94. The van der Waals surface area contributed by atoms with Crippen LogP contribution in [0.3, 0.4) is 0 Å². The highest BCUT2D eigenvalue weighted by molar-refractivity contribution is 5.14. The van der Waals surface area contributed by atoms with E-state index in [1.807, 2.05) is 0 Å². The second-order valence-electron chi connectivity index (χ2n) is 3.04. The number of likely N-dealkylation sites (N-methyl/N-ethyl adjacent to an activating group) is 1. The fraction of sp³-hybridized carbons (Fsp3) is 0.364. The van der Waals surface area contributed by atoms with E-state index in [2.05, 4.69) is 49.2 Å². The van der Waals surface area contributed by atoms with Crippen LogP contribution >= 0.6 is 0 Å². The number of hydrogen-bond acceptors (Lipinski definition) is 1. The summed E-state index contributed by atoms with van der Waals surface area (Å²) in [7, 11) is 2.09. The predicted molar refractivity (Wildman–Crippen MR) is 53.0 cm³/mol. The van der Waals surface area contributed by atoms with Crippen molar-refractivity contribution < 1.29 is 0 Å². The van der Waals surface area contributed by atoms with Crippen molar-refractivity contribution in [2.45, 2.75) is 6.42 Å². The number of benzene rings is 1. The first kappa shape index (κ1) is 9.27. The molecule has 65 valence electrons. The fourth-order valence-electron chi connectivity index (χ4n) is 1.08. The van der Waals surface area contributed by atoms with Gasteiger partial charge in [0.1, 0.15) is 0 Å². The lowest BCUT2D eigenvalue weighted by molar-refractivity contribution is 0.374. The average Bonchev–Trinajstić information content (AvgIpc) is 2.16. The molecule has 1 heteroatoms. The summed E-state index contributed by atoms with van der Waals surface area (Å²) in [6.07, 6.45) is 1.12. The molecule has 1 radical (unpaired) electrons. The molecule has 0 N–H and O–H groups in total. The van der Waals surface area contributed by atoms with Crippen molar-refractivity contribution in [1.82, 2.24) is 4.90 Å². The molecule has 0 unspecified atom stereocenters. The molecule has 0 aromatic heterocycles. The molecule has 0 amide bonds. The molecule has 0 atom stereocenters. The third kappa shape index (κ3) is 3.05. The van der Waals surface area contributed by atoms with Crippen molar-refractivity contribution >= 4 is 0 Å². The Hall–Kier alpha value is -0.820. The summed E-state index contributed by atoms with van der Waals surface area (Å²) >= 11 is 0. The molecule has 0 saturated heterocycles. The molecule has 1 nitrogen and oxygen atoms in total. The van der Waals surface area contributed by atoms with Gasteiger partial charge in [-0.3, -0.25) is 0 Å². The Kier molecular flexibility index (Phi) is 3.81. The first-order valence-electron chi connectivity index (χ1n) is 4.34. The molecule has 0 fully saturated rings. The fourth-order valence-corrected chi connectivity index (χ4v) is 1.08. The van der Waals surface area contributed by atoms with Crippen LogP contribution in [0, 0.1) is 6.92 Å². The van der Waals surface area contributed by atoms with Gasteiger partial charge in [0.25, 0.3) is 0 Å². The Morgan fingerprint density at radius 3 is 2.50 bits per heavy atom. The van der Waals surface area contributed by atoms with Gasteiger partial charge >= 0.3 is 0 Å². The summed E-state index contributed by atoms with van der Waals surface area (Å²) in [5, 5.41) is 0. The van der Waals surface area contributed by atoms with E-state index in [1.165, 1.54) is 5.56 Å². The second kappa shape index (κ2) is 4.94. The van der Waals surface area contributed by atoms with E-state index in [4.69, 9.17) is 0 Å². The zero-order valence-corrected chi connectivity index (χ0v) is 7.66. The largest absolute Gasteiger partial charge is 0.306 e. The van der Waals surface area contributed by atoms with Crippen LogP contribution < -0.4 is 0 Å². The molecule has 0 heterocycles. The van der Waals surface area contributed by atoms with Gasteiger partial charge < -0.3 is 4.90 Å². The summed E-state index contributed by atoms with van der Waals surface area (Å²) in [5.74, 6) is 0. The van der Waals surface area contributed by atoms with Crippen LogP contribution in [0.4, 0.5) is 0 Å². The summed E-state index contributed by atoms with van der Waals surface area (Å²) in [6.45, 7) is 5.80. The first-order chi connectivity index (χ1) is 5.83. The first-order valence-corrected chi connectivity index (χ1v) is 4.34. The lowest BCUT2D eigenvalue weighted by Gasteiger charge is -2.12. The maximum absolute atomic E-state index is 3.82. The molecule has 1 aromatic carbocycles. The van der Waals surface area contributed by atoms with Crippen molar-refractivity contribution in [1.29, 1.82) is 0 Å². The highest BCUT2D eigenvalue weighted by Crippen LogP contribution is 1.99. The minimum absolute atomic E-state index is 0.882. The predicted octanol–water partition coefficient (Wildman–Crippen LogP) is 1.99. The summed E-state index contributed by atoms with van der Waals surface area (Å²) < 4.78 is 0. The van der Waals surface area contributed by atoms with Crippen LogP contribution in [0.1, 0.15) is 5.56 Å². The molecule has 0 saturated carbocycles. The van der Waals surface area contributed by atoms with Crippen LogP contribution in [-0.2, 0) is 6.42 Å². The standard InChI is InChI=1S/C11H16N/c1-3-12(2)10-9-11-7-5-4-6-8-11/h4-8H,1,3,9-10H2,2H3. The van der Waals surface area contributed by atoms with Gasteiger partial charge in [-0.25, -0.2) is 0 Å². The van der Waals surface area contributed by atoms with E-state index in [9.17, 15) is 0 Å². The molecule has 0 aliphatic rings. The minimum atomic E-state index is 0.882. The lowest BCUT2D eigenvalue weighted by atomic mass is 10.1. The van der Waals surface area contributed by atoms with E-state index in [-0.39, 0.29) is 0 Å². The maximum Gasteiger partial charge on any atom is 0.00188 e. The van der Waals surface area contributed by atoms with Crippen molar-refractivity contribution in [2.24, 2.45) is 0 Å². The topological polar surface area (TPSA) is 3.24 Å². The Morgan fingerprint density at radius 1 is 1.25 bits per heavy atom. The zero-order chi connectivity index (χ0) is 8.81. The summed E-state index contributed by atoms with van der Waals surface area (Å²) in [5.41, 5.74) is 1.40. The van der Waals surface area contributed by atoms with Crippen LogP contribution in [0.25, 0.3) is 0 Å². The normalized spacial score (nSPS) is 10.6. The molecule has 0 bridgehead atoms. The molecular weight excluding hydrogens is 146 g/mol. The Balaban J connectivity index is 2.33. The Bertz CT molecular complexity index is 206. The molecule has 1 rings (SSSR count). The summed E-state index contributed by atoms with van der Waals surface area (Å²) in [4.78, 5) is 2.22. The van der Waals surface area contributed by atoms with Gasteiger partial charge in [0.15, 0.2) is 0 Å². The van der Waals surface area contributed by atoms with Crippen LogP contribution in [-0.4, -0.2) is 25.0 Å². The molecular formula is C11H16N. The van der Waals surface area contributed by atoms with Crippen LogP contribution in [0.15, 0.2) is 30.3 Å². The second-order valence-corrected chi connectivity index (χ2v) is 3.04. The van der Waals surface area contributed by atoms with Crippen molar-refractivity contribution in [3.63, 3.8) is 0 Å². The molecule has 0 aliphatic heterocycles. The highest BCUT2D eigenvalue weighted by atomic mass is 15.1. The van der Waals surface area contributed by atoms with Crippen molar-refractivity contribution in [3.05, 3.63) is 42.8 Å². The van der Waals surface area contributed by atoms with Gasteiger partial charge in [0.05, 0.1) is 0 Å². The minimum Gasteiger partial charge on any atom is -0.306 e. The molecule has 1 aromatic rings. The van der Waals surface area contributed by atoms with Gasteiger partial charge in [-0.2, -0.15) is 0 Å². The van der Waals surface area contributed by atoms with Gasteiger partial charge in [0, 0.05) is 6.54 Å². The smallest absolute Gasteiger partial charge is 0.00188 e. The molecule has 0 aliphatic carbocycles. The van der Waals surface area contributed by atoms with Crippen LogP contribution in [0.2, 0.25) is 0 Å². The Labute approximate surface area is 75.0 Å². The summed E-state index contributed by atoms with van der Waals surface area (Å²) in [6, 6.07) is 10.5. The van der Waals surface area contributed by atoms with Gasteiger partial charge in [-0.05, 0) is 32.5 Å². The maximum atomic E-state index is 3.82. The third-order valence-corrected chi connectivity index (χ3v) is 2.01. The van der Waals surface area contributed by atoms with Gasteiger partial charge in [-0.15, -0.1) is 0 Å². The Morgan fingerprint density at radius 2 is 1.92 bits per heavy atom. The number of rotatable bonds is 4. The van der Waals surface area contributed by atoms with E-state index in [0.717, 1.165) is 19.5 Å². The van der Waals surface area contributed by atoms with Gasteiger partial charge in [0.2, 0.25) is 0 Å². The van der Waals surface area contributed by atoms with E-state index >= 15 is 0 Å². The van der Waals surface area contributed by atoms with E-state index < -0.39 is 0 Å². The zero-order valence-electron chi connectivity index (χ0n) is 7.66. The molecule has 12 heavy (non-hydrogen) atoms. The average molecular weight is 162 g/mol. The van der Waals surface area contributed by atoms with E-state index in [1.54, 1.807) is 0 Å². The monoisotopic (exact) mass is 162 g/mol. The van der Waals surface area contributed by atoms with Crippen molar-refractivity contribution in [2.75, 3.05) is 20.1 Å².